The zero-order chi connectivity index (χ0) is 22.8. The van der Waals surface area contributed by atoms with Gasteiger partial charge in [-0.3, -0.25) is 4.90 Å². The maximum Gasteiger partial charge on any atom is 0.193 e. The number of rotatable bonds is 10. The normalized spacial score (nSPS) is 14.5. The predicted octanol–water partition coefficient (Wildman–Crippen LogP) is 3.74. The van der Waals surface area contributed by atoms with Gasteiger partial charge in [0.05, 0.1) is 20.8 Å². The molecule has 0 aromatic heterocycles. The minimum atomic E-state index is 0. The lowest BCUT2D eigenvalue weighted by molar-refractivity contribution is 0.0392. The topological polar surface area (TPSA) is 90.6 Å². The van der Waals surface area contributed by atoms with Crippen LogP contribution in [-0.2, 0) is 11.3 Å². The second-order valence-electron chi connectivity index (χ2n) is 7.72. The number of aliphatic imine (C=N–C) groups is 1. The van der Waals surface area contributed by atoms with Gasteiger partial charge in [-0.05, 0) is 49.7 Å². The van der Waals surface area contributed by atoms with Crippen molar-refractivity contribution in [2.75, 3.05) is 52.9 Å². The van der Waals surface area contributed by atoms with Crippen LogP contribution in [-0.4, -0.2) is 64.5 Å². The van der Waals surface area contributed by atoms with Crippen LogP contribution in [0.3, 0.4) is 0 Å². The molecular weight excluding hydrogens is 535 g/mol. The zero-order valence-corrected chi connectivity index (χ0v) is 21.9. The molecule has 1 aliphatic rings. The molecule has 0 spiro atoms. The van der Waals surface area contributed by atoms with Gasteiger partial charge in [0.2, 0.25) is 0 Å². The molecular formula is C24H35IN4O4. The molecule has 0 bridgehead atoms. The highest BCUT2D eigenvalue weighted by Gasteiger charge is 2.18. The monoisotopic (exact) mass is 570 g/mol. The third-order valence-corrected chi connectivity index (χ3v) is 5.51. The van der Waals surface area contributed by atoms with E-state index in [9.17, 15) is 0 Å². The van der Waals surface area contributed by atoms with E-state index < -0.39 is 0 Å². The van der Waals surface area contributed by atoms with E-state index in [0.29, 0.717) is 36.7 Å². The summed E-state index contributed by atoms with van der Waals surface area (Å²) in [5.41, 5.74) is 7.86. The number of anilines is 1. The summed E-state index contributed by atoms with van der Waals surface area (Å²) < 4.78 is 22.0. The molecule has 0 saturated carbocycles. The summed E-state index contributed by atoms with van der Waals surface area (Å²) in [6.45, 7) is 3.68. The Balaban J connectivity index is 0.00000385. The van der Waals surface area contributed by atoms with Crippen LogP contribution in [0.1, 0.15) is 18.4 Å². The largest absolute Gasteiger partial charge is 0.493 e. The molecule has 0 atom stereocenters. The Kier molecular flexibility index (Phi) is 11.6. The fraction of sp³-hybridized carbons (Fsp3) is 0.458. The van der Waals surface area contributed by atoms with E-state index in [4.69, 9.17) is 24.7 Å². The molecule has 182 valence electrons. The van der Waals surface area contributed by atoms with E-state index in [1.54, 1.807) is 14.2 Å². The molecule has 1 heterocycles. The molecule has 3 rings (SSSR count). The number of guanidine groups is 1. The molecule has 3 N–H and O–H groups in total. The molecule has 0 aliphatic carbocycles. The highest BCUT2D eigenvalue weighted by molar-refractivity contribution is 14.0. The first-order chi connectivity index (χ1) is 15.6. The SMILES string of the molecule is COc1ccc(NC(N)=NCc2cccc(OCCN(C)C3CCOCC3)c2)cc1OC.I. The van der Waals surface area contributed by atoms with E-state index in [-0.39, 0.29) is 24.0 Å². The molecule has 0 amide bonds. The van der Waals surface area contributed by atoms with Crippen molar-refractivity contribution in [2.45, 2.75) is 25.4 Å². The second kappa shape index (κ2) is 14.1. The minimum Gasteiger partial charge on any atom is -0.493 e. The lowest BCUT2D eigenvalue weighted by Crippen LogP contribution is -2.38. The number of nitrogens with zero attached hydrogens (tertiary/aromatic N) is 2. The van der Waals surface area contributed by atoms with Crippen LogP contribution in [0.15, 0.2) is 47.5 Å². The zero-order valence-electron chi connectivity index (χ0n) is 19.6. The Bertz CT molecular complexity index is 891. The summed E-state index contributed by atoms with van der Waals surface area (Å²) in [4.78, 5) is 6.79. The summed E-state index contributed by atoms with van der Waals surface area (Å²) in [5.74, 6) is 2.44. The number of methoxy groups -OCH3 is 2. The number of benzene rings is 2. The maximum absolute atomic E-state index is 6.06. The van der Waals surface area contributed by atoms with Gasteiger partial charge in [-0.1, -0.05) is 12.1 Å². The van der Waals surface area contributed by atoms with E-state index in [2.05, 4.69) is 22.3 Å². The summed E-state index contributed by atoms with van der Waals surface area (Å²) in [6.07, 6.45) is 2.17. The molecule has 2 aromatic carbocycles. The average molecular weight is 570 g/mol. The molecule has 8 nitrogen and oxygen atoms in total. The molecule has 1 aliphatic heterocycles. The van der Waals surface area contributed by atoms with Crippen LogP contribution in [0, 0.1) is 0 Å². The van der Waals surface area contributed by atoms with Crippen LogP contribution < -0.4 is 25.3 Å². The Labute approximate surface area is 213 Å². The summed E-state index contributed by atoms with van der Waals surface area (Å²) in [7, 11) is 5.35. The van der Waals surface area contributed by atoms with Crippen molar-refractivity contribution in [1.82, 2.24) is 4.90 Å². The summed E-state index contributed by atoms with van der Waals surface area (Å²) in [5, 5.41) is 3.08. The molecule has 0 unspecified atom stereocenters. The van der Waals surface area contributed by atoms with Crippen LogP contribution in [0.2, 0.25) is 0 Å². The van der Waals surface area contributed by atoms with Gasteiger partial charge in [0.15, 0.2) is 17.5 Å². The van der Waals surface area contributed by atoms with Crippen LogP contribution in [0.5, 0.6) is 17.2 Å². The first-order valence-electron chi connectivity index (χ1n) is 10.9. The number of nitrogens with two attached hydrogens (primary N) is 1. The van der Waals surface area contributed by atoms with Crippen molar-refractivity contribution in [2.24, 2.45) is 10.7 Å². The Morgan fingerprint density at radius 3 is 2.61 bits per heavy atom. The highest BCUT2D eigenvalue weighted by atomic mass is 127. The van der Waals surface area contributed by atoms with Gasteiger partial charge in [0, 0.05) is 37.6 Å². The van der Waals surface area contributed by atoms with Crippen LogP contribution in [0.4, 0.5) is 5.69 Å². The van der Waals surface area contributed by atoms with Gasteiger partial charge in [-0.15, -0.1) is 24.0 Å². The second-order valence-corrected chi connectivity index (χ2v) is 7.72. The quantitative estimate of drug-likeness (QED) is 0.256. The lowest BCUT2D eigenvalue weighted by Gasteiger charge is -2.31. The van der Waals surface area contributed by atoms with E-state index in [1.807, 2.05) is 42.5 Å². The third-order valence-electron chi connectivity index (χ3n) is 5.51. The van der Waals surface area contributed by atoms with Crippen molar-refractivity contribution < 1.29 is 18.9 Å². The molecule has 1 fully saturated rings. The van der Waals surface area contributed by atoms with E-state index in [1.165, 1.54) is 0 Å². The lowest BCUT2D eigenvalue weighted by atomic mass is 10.1. The molecule has 9 heteroatoms. The highest BCUT2D eigenvalue weighted by Crippen LogP contribution is 2.29. The number of halogens is 1. The van der Waals surface area contributed by atoms with Crippen molar-refractivity contribution in [3.63, 3.8) is 0 Å². The standard InChI is InChI=1S/C24H34N4O4.HI/c1-28(20-9-12-31-13-10-20)11-14-32-21-6-4-5-18(15-21)17-26-24(25)27-19-7-8-22(29-2)23(16-19)30-3;/h4-8,15-16,20H,9-14,17H2,1-3H3,(H3,25,26,27);1H. The van der Waals surface area contributed by atoms with Gasteiger partial charge in [-0.25, -0.2) is 4.99 Å². The third kappa shape index (κ3) is 8.56. The van der Waals surface area contributed by atoms with Crippen LogP contribution >= 0.6 is 24.0 Å². The Morgan fingerprint density at radius 1 is 1.12 bits per heavy atom. The molecule has 2 aromatic rings. The number of hydrogen-bond donors (Lipinski definition) is 2. The van der Waals surface area contributed by atoms with Gasteiger partial charge in [-0.2, -0.15) is 0 Å². The van der Waals surface area contributed by atoms with E-state index in [0.717, 1.165) is 49.6 Å². The molecule has 0 radical (unpaired) electrons. The predicted molar refractivity (Wildman–Crippen MR) is 142 cm³/mol. The van der Waals surface area contributed by atoms with Crippen molar-refractivity contribution >= 4 is 35.6 Å². The van der Waals surface area contributed by atoms with Gasteiger partial charge >= 0.3 is 0 Å². The van der Waals surface area contributed by atoms with Gasteiger partial charge in [0.25, 0.3) is 0 Å². The number of likely N-dealkylation sites (N-methyl/N-ethyl adjacent to an activating group) is 1. The summed E-state index contributed by atoms with van der Waals surface area (Å²) >= 11 is 0. The Morgan fingerprint density at radius 2 is 1.88 bits per heavy atom. The van der Waals surface area contributed by atoms with Crippen molar-refractivity contribution in [1.29, 1.82) is 0 Å². The maximum atomic E-state index is 6.06. The first kappa shape index (κ1) is 27.0. The summed E-state index contributed by atoms with van der Waals surface area (Å²) in [6, 6.07) is 14.0. The first-order valence-corrected chi connectivity index (χ1v) is 10.9. The smallest absolute Gasteiger partial charge is 0.193 e. The minimum absolute atomic E-state index is 0. The fourth-order valence-electron chi connectivity index (χ4n) is 3.63. The number of nitrogens with one attached hydrogen (secondary N) is 1. The molecule has 33 heavy (non-hydrogen) atoms. The Hall–Kier alpha value is -2.24. The van der Waals surface area contributed by atoms with Crippen molar-refractivity contribution in [3.8, 4) is 17.2 Å². The number of ether oxygens (including phenoxy) is 4. The van der Waals surface area contributed by atoms with Gasteiger partial charge in [0.1, 0.15) is 12.4 Å². The van der Waals surface area contributed by atoms with Gasteiger partial charge < -0.3 is 30.0 Å². The van der Waals surface area contributed by atoms with Crippen LogP contribution in [0.25, 0.3) is 0 Å². The number of hydrogen-bond acceptors (Lipinski definition) is 6. The van der Waals surface area contributed by atoms with E-state index >= 15 is 0 Å². The fourth-order valence-corrected chi connectivity index (χ4v) is 3.63. The molecule has 1 saturated heterocycles. The average Bonchev–Trinajstić information content (AvgIpc) is 2.83. The van der Waals surface area contributed by atoms with Crippen molar-refractivity contribution in [3.05, 3.63) is 48.0 Å².